The van der Waals surface area contributed by atoms with Gasteiger partial charge in [0.15, 0.2) is 6.61 Å². The number of hydrogen-bond acceptors (Lipinski definition) is 3. The van der Waals surface area contributed by atoms with E-state index in [1.807, 2.05) is 56.3 Å². The third-order valence-electron chi connectivity index (χ3n) is 4.75. The molecule has 5 nitrogen and oxygen atoms in total. The molecule has 0 aliphatic carbocycles. The summed E-state index contributed by atoms with van der Waals surface area (Å²) in [5, 5.41) is 2.92. The highest BCUT2D eigenvalue weighted by atomic mass is 16.5. The molecule has 0 saturated carbocycles. The number of carbonyl (C=O) groups is 2. The lowest BCUT2D eigenvalue weighted by Gasteiger charge is -2.28. The maximum Gasteiger partial charge on any atom is 0.261 e. The van der Waals surface area contributed by atoms with E-state index in [2.05, 4.69) is 18.3 Å². The fourth-order valence-corrected chi connectivity index (χ4v) is 3.14. The van der Waals surface area contributed by atoms with E-state index in [1.165, 1.54) is 0 Å². The van der Waals surface area contributed by atoms with Crippen LogP contribution >= 0.6 is 0 Å². The molecule has 2 aromatic carbocycles. The number of hydrogen-bond donors (Lipinski definition) is 1. The first-order valence-electron chi connectivity index (χ1n) is 10.2. The summed E-state index contributed by atoms with van der Waals surface area (Å²) >= 11 is 0. The zero-order chi connectivity index (χ0) is 21.2. The number of amides is 2. The minimum atomic E-state index is -0.581. The first kappa shape index (κ1) is 22.5. The van der Waals surface area contributed by atoms with Crippen molar-refractivity contribution in [3.63, 3.8) is 0 Å². The van der Waals surface area contributed by atoms with E-state index in [-0.39, 0.29) is 18.4 Å². The second kappa shape index (κ2) is 11.2. The van der Waals surface area contributed by atoms with Gasteiger partial charge in [-0.3, -0.25) is 9.59 Å². The van der Waals surface area contributed by atoms with Gasteiger partial charge in [-0.2, -0.15) is 0 Å². The normalized spacial score (nSPS) is 11.6. The molecule has 0 aliphatic heterocycles. The Morgan fingerprint density at radius 1 is 1.07 bits per heavy atom. The predicted molar refractivity (Wildman–Crippen MR) is 116 cm³/mol. The van der Waals surface area contributed by atoms with Gasteiger partial charge in [0.2, 0.25) is 5.91 Å². The topological polar surface area (TPSA) is 58.6 Å². The number of rotatable bonds is 10. The van der Waals surface area contributed by atoms with Gasteiger partial charge in [-0.05, 0) is 56.0 Å². The Balaban J connectivity index is 2.10. The zero-order valence-corrected chi connectivity index (χ0v) is 17.9. The first-order chi connectivity index (χ1) is 13.9. The lowest BCUT2D eigenvalue weighted by molar-refractivity contribution is -0.142. The molecule has 2 rings (SSSR count). The number of ether oxygens (including phenoxy) is 1. The largest absolute Gasteiger partial charge is 0.484 e. The van der Waals surface area contributed by atoms with Gasteiger partial charge in [-0.1, -0.05) is 49.7 Å². The van der Waals surface area contributed by atoms with Gasteiger partial charge in [-0.15, -0.1) is 0 Å². The van der Waals surface area contributed by atoms with Crippen molar-refractivity contribution in [2.24, 2.45) is 0 Å². The molecule has 0 aliphatic rings. The molecule has 0 radical (unpaired) electrons. The number of aryl methyl sites for hydroxylation is 2. The molecular formula is C24H32N2O3. The maximum atomic E-state index is 13.0. The molecule has 156 valence electrons. The van der Waals surface area contributed by atoms with E-state index in [0.717, 1.165) is 29.5 Å². The molecule has 0 spiro atoms. The minimum absolute atomic E-state index is 0.109. The monoisotopic (exact) mass is 396 g/mol. The third-order valence-corrected chi connectivity index (χ3v) is 4.75. The van der Waals surface area contributed by atoms with Crippen molar-refractivity contribution in [1.29, 1.82) is 0 Å². The fourth-order valence-electron chi connectivity index (χ4n) is 3.14. The van der Waals surface area contributed by atoms with Crippen LogP contribution in [0.4, 0.5) is 0 Å². The Kier molecular flexibility index (Phi) is 8.71. The van der Waals surface area contributed by atoms with Gasteiger partial charge in [-0.25, -0.2) is 0 Å². The van der Waals surface area contributed by atoms with Crippen LogP contribution in [0.5, 0.6) is 5.75 Å². The van der Waals surface area contributed by atoms with Crippen LogP contribution in [0.3, 0.4) is 0 Å². The van der Waals surface area contributed by atoms with Crippen LogP contribution in [0.1, 0.15) is 43.4 Å². The second-order valence-corrected chi connectivity index (χ2v) is 7.44. The van der Waals surface area contributed by atoms with E-state index in [4.69, 9.17) is 4.74 Å². The van der Waals surface area contributed by atoms with Crippen molar-refractivity contribution in [1.82, 2.24) is 10.2 Å². The van der Waals surface area contributed by atoms with Gasteiger partial charge in [0.25, 0.3) is 5.91 Å². The van der Waals surface area contributed by atoms with Gasteiger partial charge < -0.3 is 15.0 Å². The van der Waals surface area contributed by atoms with Gasteiger partial charge >= 0.3 is 0 Å². The summed E-state index contributed by atoms with van der Waals surface area (Å²) < 4.78 is 5.75. The van der Waals surface area contributed by atoms with Gasteiger partial charge in [0.1, 0.15) is 11.8 Å². The fraction of sp³-hybridized carbons (Fsp3) is 0.417. The van der Waals surface area contributed by atoms with Crippen LogP contribution < -0.4 is 10.1 Å². The average molecular weight is 397 g/mol. The molecule has 0 bridgehead atoms. The number of carbonyl (C=O) groups excluding carboxylic acids is 2. The Morgan fingerprint density at radius 3 is 2.34 bits per heavy atom. The van der Waals surface area contributed by atoms with Gasteiger partial charge in [0, 0.05) is 13.1 Å². The molecule has 29 heavy (non-hydrogen) atoms. The third kappa shape index (κ3) is 7.26. The highest BCUT2D eigenvalue weighted by Gasteiger charge is 2.26. The molecular weight excluding hydrogens is 364 g/mol. The smallest absolute Gasteiger partial charge is 0.261 e. The predicted octanol–water partition coefficient (Wildman–Crippen LogP) is 4.02. The maximum absolute atomic E-state index is 13.0. The summed E-state index contributed by atoms with van der Waals surface area (Å²) in [6.07, 6.45) is 1.92. The molecule has 0 aromatic heterocycles. The molecule has 0 fully saturated rings. The van der Waals surface area contributed by atoms with Crippen molar-refractivity contribution in [2.45, 2.75) is 53.1 Å². The Morgan fingerprint density at radius 2 is 1.72 bits per heavy atom. The molecule has 2 amide bonds. The van der Waals surface area contributed by atoms with E-state index >= 15 is 0 Å². The average Bonchev–Trinajstić information content (AvgIpc) is 2.70. The summed E-state index contributed by atoms with van der Waals surface area (Å²) in [6.45, 7) is 8.69. The van der Waals surface area contributed by atoms with E-state index in [0.29, 0.717) is 18.8 Å². The zero-order valence-electron chi connectivity index (χ0n) is 17.9. The summed E-state index contributed by atoms with van der Waals surface area (Å²) in [5.41, 5.74) is 3.13. The summed E-state index contributed by atoms with van der Waals surface area (Å²) in [5.74, 6) is 0.302. The first-order valence-corrected chi connectivity index (χ1v) is 10.2. The summed E-state index contributed by atoms with van der Waals surface area (Å²) in [4.78, 5) is 27.1. The molecule has 2 aromatic rings. The Labute approximate surface area is 174 Å². The van der Waals surface area contributed by atoms with Crippen LogP contribution in [-0.4, -0.2) is 35.9 Å². The van der Waals surface area contributed by atoms with Crippen molar-refractivity contribution in [3.05, 3.63) is 65.2 Å². The summed E-state index contributed by atoms with van der Waals surface area (Å²) in [7, 11) is 0. The number of nitrogens with zero attached hydrogens (tertiary/aromatic N) is 1. The lowest BCUT2D eigenvalue weighted by Crippen LogP contribution is -2.49. The molecule has 0 saturated heterocycles. The van der Waals surface area contributed by atoms with Gasteiger partial charge in [0.05, 0.1) is 0 Å². The van der Waals surface area contributed by atoms with Crippen LogP contribution in [0.2, 0.25) is 0 Å². The number of benzene rings is 2. The van der Waals surface area contributed by atoms with Crippen LogP contribution in [-0.2, 0) is 16.1 Å². The SMILES string of the molecule is CCCCNC(=O)C(C)N(Cc1ccccc1)C(=O)COc1cc(C)cc(C)c1. The highest BCUT2D eigenvalue weighted by molar-refractivity contribution is 5.87. The Hall–Kier alpha value is -2.82. The highest BCUT2D eigenvalue weighted by Crippen LogP contribution is 2.17. The van der Waals surface area contributed by atoms with Crippen LogP contribution in [0, 0.1) is 13.8 Å². The van der Waals surface area contributed by atoms with Crippen molar-refractivity contribution in [2.75, 3.05) is 13.2 Å². The Bertz CT molecular complexity index is 785. The van der Waals surface area contributed by atoms with Crippen LogP contribution in [0.15, 0.2) is 48.5 Å². The quantitative estimate of drug-likeness (QED) is 0.617. The molecule has 1 unspecified atom stereocenters. The van der Waals surface area contributed by atoms with E-state index in [1.54, 1.807) is 11.8 Å². The van der Waals surface area contributed by atoms with E-state index in [9.17, 15) is 9.59 Å². The molecule has 5 heteroatoms. The second-order valence-electron chi connectivity index (χ2n) is 7.44. The van der Waals surface area contributed by atoms with Crippen molar-refractivity contribution in [3.8, 4) is 5.75 Å². The van der Waals surface area contributed by atoms with Crippen LogP contribution in [0.25, 0.3) is 0 Å². The number of nitrogens with one attached hydrogen (secondary N) is 1. The van der Waals surface area contributed by atoms with E-state index < -0.39 is 6.04 Å². The summed E-state index contributed by atoms with van der Waals surface area (Å²) in [6, 6.07) is 15.0. The number of unbranched alkanes of at least 4 members (excludes halogenated alkanes) is 1. The minimum Gasteiger partial charge on any atom is -0.484 e. The standard InChI is InChI=1S/C24H32N2O3/c1-5-6-12-25-24(28)20(4)26(16-21-10-8-7-9-11-21)23(27)17-29-22-14-18(2)13-19(3)15-22/h7-11,13-15,20H,5-6,12,16-17H2,1-4H3,(H,25,28). The lowest BCUT2D eigenvalue weighted by atomic mass is 10.1. The molecule has 1 atom stereocenters. The van der Waals surface area contributed by atoms with Crippen molar-refractivity contribution < 1.29 is 14.3 Å². The van der Waals surface area contributed by atoms with Crippen molar-refractivity contribution >= 4 is 11.8 Å². The molecule has 0 heterocycles. The molecule has 1 N–H and O–H groups in total.